The maximum Gasteiger partial charge on any atom is 0.0767 e. The summed E-state index contributed by atoms with van der Waals surface area (Å²) < 4.78 is 0. The molecule has 0 aliphatic carbocycles. The Kier molecular flexibility index (Phi) is 3.28. The van der Waals surface area contributed by atoms with Crippen molar-refractivity contribution in [1.82, 2.24) is 0 Å². The molecule has 0 amide bonds. The van der Waals surface area contributed by atoms with Crippen LogP contribution in [0, 0.1) is 24.7 Å². The van der Waals surface area contributed by atoms with E-state index in [2.05, 4.69) is 22.4 Å². The zero-order valence-electron chi connectivity index (χ0n) is 9.40. The lowest BCUT2D eigenvalue weighted by atomic mass is 10.0. The van der Waals surface area contributed by atoms with E-state index in [-0.39, 0.29) is 0 Å². The van der Waals surface area contributed by atoms with Crippen molar-refractivity contribution in [3.63, 3.8) is 0 Å². The van der Waals surface area contributed by atoms with E-state index in [1.54, 1.807) is 0 Å². The van der Waals surface area contributed by atoms with Crippen LogP contribution in [-0.4, -0.2) is 5.71 Å². The minimum absolute atomic E-state index is 0.481. The lowest BCUT2D eigenvalue weighted by Gasteiger charge is -2.02. The minimum Gasteiger partial charge on any atom is -0.278 e. The number of rotatable bonds is 2. The summed E-state index contributed by atoms with van der Waals surface area (Å²) in [6.07, 6.45) is 13.8. The molecule has 1 heterocycles. The van der Waals surface area contributed by atoms with Gasteiger partial charge in [0.25, 0.3) is 0 Å². The highest BCUT2D eigenvalue weighted by Crippen LogP contribution is 2.23. The first kappa shape index (κ1) is 11.0. The highest BCUT2D eigenvalue weighted by atomic mass is 15.3. The van der Waals surface area contributed by atoms with Crippen molar-refractivity contribution < 1.29 is 0 Å². The molecule has 1 aromatic carbocycles. The Hall–Kier alpha value is -2.45. The van der Waals surface area contributed by atoms with Gasteiger partial charge in [-0.1, -0.05) is 18.2 Å². The van der Waals surface area contributed by atoms with Crippen molar-refractivity contribution in [1.29, 1.82) is 0 Å². The van der Waals surface area contributed by atoms with Crippen molar-refractivity contribution in [2.45, 2.75) is 12.8 Å². The fourth-order valence-electron chi connectivity index (χ4n) is 1.71. The molecule has 0 aromatic heterocycles. The summed E-state index contributed by atoms with van der Waals surface area (Å²) in [5.74, 6) is 5.24. The second-order valence-corrected chi connectivity index (χ2v) is 3.69. The van der Waals surface area contributed by atoms with Gasteiger partial charge in [-0.15, -0.1) is 24.7 Å². The van der Waals surface area contributed by atoms with Crippen LogP contribution in [0.1, 0.15) is 18.4 Å². The van der Waals surface area contributed by atoms with Crippen LogP contribution >= 0.6 is 0 Å². The van der Waals surface area contributed by atoms with E-state index >= 15 is 0 Å². The van der Waals surface area contributed by atoms with Crippen molar-refractivity contribution >= 4 is 17.5 Å². The first-order chi connectivity index (χ1) is 8.35. The van der Waals surface area contributed by atoms with Crippen LogP contribution in [0.3, 0.4) is 0 Å². The molecule has 2 heteroatoms. The Morgan fingerprint density at radius 1 is 1.12 bits per heavy atom. The molecule has 0 spiro atoms. The van der Waals surface area contributed by atoms with Crippen LogP contribution in [0.15, 0.2) is 34.9 Å². The van der Waals surface area contributed by atoms with E-state index in [9.17, 15) is 0 Å². The zero-order chi connectivity index (χ0) is 12.1. The molecule has 0 saturated heterocycles. The van der Waals surface area contributed by atoms with E-state index in [1.165, 1.54) is 0 Å². The first-order valence-corrected chi connectivity index (χ1v) is 5.34. The van der Waals surface area contributed by atoms with Gasteiger partial charge in [0.15, 0.2) is 0 Å². The Labute approximate surface area is 101 Å². The molecule has 0 unspecified atom stereocenters. The van der Waals surface area contributed by atoms with Gasteiger partial charge in [-0.3, -0.25) is 5.43 Å². The number of hydrazone groups is 1. The van der Waals surface area contributed by atoms with Crippen molar-refractivity contribution in [3.8, 4) is 24.7 Å². The molecule has 0 saturated carbocycles. The van der Waals surface area contributed by atoms with Gasteiger partial charge in [0.05, 0.1) is 17.8 Å². The van der Waals surface area contributed by atoms with Gasteiger partial charge in [0.1, 0.15) is 0 Å². The molecule has 82 valence electrons. The normalized spacial score (nSPS) is 13.1. The van der Waals surface area contributed by atoms with Gasteiger partial charge in [-0.05, 0) is 23.3 Å². The lowest BCUT2D eigenvalue weighted by molar-refractivity contribution is 1.28. The summed E-state index contributed by atoms with van der Waals surface area (Å²) in [4.78, 5) is 0. The van der Waals surface area contributed by atoms with Crippen LogP contribution in [-0.2, 0) is 0 Å². The molecule has 1 aromatic rings. The fourth-order valence-corrected chi connectivity index (χ4v) is 1.71. The SMILES string of the molecule is C#CCC1=Cc2ccccc2NN=C1CC#C. The third kappa shape index (κ3) is 2.38. The molecule has 1 N–H and O–H groups in total. The molecule has 17 heavy (non-hydrogen) atoms. The van der Waals surface area contributed by atoms with E-state index in [0.29, 0.717) is 12.8 Å². The van der Waals surface area contributed by atoms with E-state index in [1.807, 2.05) is 30.3 Å². The first-order valence-electron chi connectivity index (χ1n) is 5.34. The zero-order valence-corrected chi connectivity index (χ0v) is 9.40. The predicted molar refractivity (Wildman–Crippen MR) is 72.4 cm³/mol. The molecular formula is C15H12N2. The van der Waals surface area contributed by atoms with Gasteiger partial charge >= 0.3 is 0 Å². The molecule has 2 nitrogen and oxygen atoms in total. The molecule has 0 fully saturated rings. The summed E-state index contributed by atoms with van der Waals surface area (Å²) in [6.45, 7) is 0. The quantitative estimate of drug-likeness (QED) is 0.761. The number of hydrogen-bond acceptors (Lipinski definition) is 2. The Balaban J connectivity index is 2.46. The van der Waals surface area contributed by atoms with Crippen LogP contribution in [0.5, 0.6) is 0 Å². The van der Waals surface area contributed by atoms with Crippen LogP contribution in [0.2, 0.25) is 0 Å². The number of anilines is 1. The Morgan fingerprint density at radius 2 is 1.88 bits per heavy atom. The number of nitrogens with zero attached hydrogens (tertiary/aromatic N) is 1. The summed E-state index contributed by atoms with van der Waals surface area (Å²) in [7, 11) is 0. The van der Waals surface area contributed by atoms with Crippen molar-refractivity contribution in [3.05, 3.63) is 35.4 Å². The van der Waals surface area contributed by atoms with Crippen LogP contribution in [0.25, 0.3) is 6.08 Å². The van der Waals surface area contributed by atoms with Gasteiger partial charge < -0.3 is 0 Å². The maximum atomic E-state index is 5.37. The average Bonchev–Trinajstić information content (AvgIpc) is 2.51. The summed E-state index contributed by atoms with van der Waals surface area (Å²) in [6, 6.07) is 7.94. The highest BCUT2D eigenvalue weighted by Gasteiger charge is 2.11. The van der Waals surface area contributed by atoms with Gasteiger partial charge in [-0.2, -0.15) is 5.10 Å². The number of terminal acetylenes is 2. The van der Waals surface area contributed by atoms with E-state index in [4.69, 9.17) is 12.8 Å². The standard InChI is InChI=1S/C15H12N2/c1-3-7-12-11-13-9-5-6-10-15(13)17-16-14(12)8-4-2/h1-2,5-6,9-11,17H,7-8H2. The second kappa shape index (κ2) is 5.05. The van der Waals surface area contributed by atoms with Crippen molar-refractivity contribution in [2.75, 3.05) is 5.43 Å². The Bertz CT molecular complexity index is 565. The predicted octanol–water partition coefficient (Wildman–Crippen LogP) is 2.90. The van der Waals surface area contributed by atoms with Crippen LogP contribution in [0.4, 0.5) is 5.69 Å². The molecule has 1 aliphatic heterocycles. The van der Waals surface area contributed by atoms with Crippen molar-refractivity contribution in [2.24, 2.45) is 5.10 Å². The third-order valence-electron chi connectivity index (χ3n) is 2.53. The van der Waals surface area contributed by atoms with Gasteiger partial charge in [-0.25, -0.2) is 0 Å². The number of nitrogens with one attached hydrogen (secondary N) is 1. The smallest absolute Gasteiger partial charge is 0.0767 e. The van der Waals surface area contributed by atoms with E-state index in [0.717, 1.165) is 22.5 Å². The monoisotopic (exact) mass is 220 g/mol. The topological polar surface area (TPSA) is 24.4 Å². The fraction of sp³-hybridized carbons (Fsp3) is 0.133. The summed E-state index contributed by atoms with van der Waals surface area (Å²) in [5.41, 5.74) is 6.90. The third-order valence-corrected chi connectivity index (χ3v) is 2.53. The summed E-state index contributed by atoms with van der Waals surface area (Å²) in [5, 5.41) is 4.31. The van der Waals surface area contributed by atoms with Crippen LogP contribution < -0.4 is 5.43 Å². The molecule has 2 rings (SSSR count). The summed E-state index contributed by atoms with van der Waals surface area (Å²) >= 11 is 0. The lowest BCUT2D eigenvalue weighted by Crippen LogP contribution is -2.03. The molecular weight excluding hydrogens is 208 g/mol. The number of para-hydroxylation sites is 1. The average molecular weight is 220 g/mol. The maximum absolute atomic E-state index is 5.37. The highest BCUT2D eigenvalue weighted by molar-refractivity contribution is 6.07. The molecule has 0 radical (unpaired) electrons. The number of benzene rings is 1. The van der Waals surface area contributed by atoms with E-state index < -0.39 is 0 Å². The minimum atomic E-state index is 0.481. The number of hydrogen-bond donors (Lipinski definition) is 1. The molecule has 0 bridgehead atoms. The number of fused-ring (bicyclic) bond motifs is 1. The largest absolute Gasteiger partial charge is 0.278 e. The molecule has 0 atom stereocenters. The van der Waals surface area contributed by atoms with Gasteiger partial charge in [0, 0.05) is 6.42 Å². The Morgan fingerprint density at radius 3 is 2.65 bits per heavy atom. The number of allylic oxidation sites excluding steroid dienone is 1. The second-order valence-electron chi connectivity index (χ2n) is 3.69. The van der Waals surface area contributed by atoms with Gasteiger partial charge in [0.2, 0.25) is 0 Å². The molecule has 1 aliphatic rings.